The largest absolute Gasteiger partial charge is 0.480 e. The number of aliphatic hydroxyl groups is 1. The van der Waals surface area contributed by atoms with Crippen LogP contribution in [0.15, 0.2) is 0 Å². The molecule has 110 valence electrons. The number of piperidine rings is 1. The molecule has 19 heavy (non-hydrogen) atoms. The van der Waals surface area contributed by atoms with Crippen molar-refractivity contribution in [2.75, 3.05) is 39.9 Å². The standard InChI is InChI=1S/C12H22N2O5/c1-19-12(18)9-5-10(13-3-2-4-15)7-14(6-9)8-11(16)17/h9-10,13,15H,2-8H2,1H3,(H,16,17). The highest BCUT2D eigenvalue weighted by Crippen LogP contribution is 2.18. The van der Waals surface area contributed by atoms with E-state index in [4.69, 9.17) is 14.9 Å². The van der Waals surface area contributed by atoms with Gasteiger partial charge < -0.3 is 20.3 Å². The molecule has 7 heteroatoms. The SMILES string of the molecule is COC(=O)C1CC(NCCCO)CN(CC(=O)O)C1. The van der Waals surface area contributed by atoms with Gasteiger partial charge in [-0.2, -0.15) is 0 Å². The summed E-state index contributed by atoms with van der Waals surface area (Å²) < 4.78 is 4.74. The minimum absolute atomic E-state index is 0.0451. The quantitative estimate of drug-likeness (QED) is 0.400. The zero-order valence-corrected chi connectivity index (χ0v) is 11.2. The molecule has 2 atom stereocenters. The number of aliphatic carboxylic acids is 1. The van der Waals surface area contributed by atoms with E-state index in [2.05, 4.69) is 5.32 Å². The van der Waals surface area contributed by atoms with Crippen LogP contribution in [-0.4, -0.2) is 73.0 Å². The number of aliphatic hydroxyl groups excluding tert-OH is 1. The average Bonchev–Trinajstić information content (AvgIpc) is 2.37. The maximum Gasteiger partial charge on any atom is 0.317 e. The van der Waals surface area contributed by atoms with E-state index in [1.165, 1.54) is 7.11 Å². The van der Waals surface area contributed by atoms with Crippen LogP contribution < -0.4 is 5.32 Å². The first-order valence-electron chi connectivity index (χ1n) is 6.43. The Labute approximate surface area is 112 Å². The van der Waals surface area contributed by atoms with Crippen molar-refractivity contribution in [2.24, 2.45) is 5.92 Å². The van der Waals surface area contributed by atoms with Gasteiger partial charge in [0.15, 0.2) is 0 Å². The van der Waals surface area contributed by atoms with Crippen molar-refractivity contribution in [3.05, 3.63) is 0 Å². The van der Waals surface area contributed by atoms with Crippen LogP contribution >= 0.6 is 0 Å². The summed E-state index contributed by atoms with van der Waals surface area (Å²) in [4.78, 5) is 24.1. The lowest BCUT2D eigenvalue weighted by molar-refractivity contribution is -0.149. The van der Waals surface area contributed by atoms with E-state index in [1.807, 2.05) is 0 Å². The first-order valence-corrected chi connectivity index (χ1v) is 6.43. The second-order valence-corrected chi connectivity index (χ2v) is 4.77. The topological polar surface area (TPSA) is 99.1 Å². The van der Waals surface area contributed by atoms with Crippen LogP contribution in [0.25, 0.3) is 0 Å². The van der Waals surface area contributed by atoms with Crippen molar-refractivity contribution in [1.29, 1.82) is 0 Å². The number of methoxy groups -OCH3 is 1. The Morgan fingerprint density at radius 3 is 2.74 bits per heavy atom. The predicted molar refractivity (Wildman–Crippen MR) is 67.7 cm³/mol. The van der Waals surface area contributed by atoms with Crippen LogP contribution in [0, 0.1) is 5.92 Å². The summed E-state index contributed by atoms with van der Waals surface area (Å²) in [7, 11) is 1.34. The Kier molecular flexibility index (Phi) is 6.75. The highest BCUT2D eigenvalue weighted by molar-refractivity contribution is 5.73. The number of esters is 1. The summed E-state index contributed by atoms with van der Waals surface area (Å²) in [5.74, 6) is -1.51. The van der Waals surface area contributed by atoms with Gasteiger partial charge in [-0.3, -0.25) is 14.5 Å². The van der Waals surface area contributed by atoms with Gasteiger partial charge in [0.05, 0.1) is 19.6 Å². The molecule has 1 rings (SSSR count). The van der Waals surface area contributed by atoms with E-state index in [1.54, 1.807) is 4.90 Å². The number of carbonyl (C=O) groups excluding carboxylic acids is 1. The monoisotopic (exact) mass is 274 g/mol. The summed E-state index contributed by atoms with van der Waals surface area (Å²) in [6.45, 7) is 1.68. The number of nitrogens with one attached hydrogen (secondary N) is 1. The lowest BCUT2D eigenvalue weighted by atomic mass is 9.94. The number of carboxylic acids is 1. The molecule has 0 aromatic carbocycles. The van der Waals surface area contributed by atoms with E-state index >= 15 is 0 Å². The second-order valence-electron chi connectivity index (χ2n) is 4.77. The third kappa shape index (κ3) is 5.54. The van der Waals surface area contributed by atoms with Crippen LogP contribution in [0.3, 0.4) is 0 Å². The second kappa shape index (κ2) is 8.08. The molecule has 1 fully saturated rings. The predicted octanol–water partition coefficient (Wildman–Crippen LogP) is -1.09. The van der Waals surface area contributed by atoms with Crippen LogP contribution in [0.1, 0.15) is 12.8 Å². The molecule has 0 amide bonds. The highest BCUT2D eigenvalue weighted by Gasteiger charge is 2.32. The Bertz CT molecular complexity index is 310. The van der Waals surface area contributed by atoms with E-state index in [0.29, 0.717) is 32.5 Å². The number of rotatable bonds is 7. The van der Waals surface area contributed by atoms with Crippen molar-refractivity contribution in [3.8, 4) is 0 Å². The molecule has 0 bridgehead atoms. The lowest BCUT2D eigenvalue weighted by Gasteiger charge is -2.36. The number of nitrogens with zero attached hydrogens (tertiary/aromatic N) is 1. The van der Waals surface area contributed by atoms with Gasteiger partial charge in [-0.25, -0.2) is 0 Å². The van der Waals surface area contributed by atoms with Gasteiger partial charge in [-0.05, 0) is 19.4 Å². The maximum absolute atomic E-state index is 11.6. The number of likely N-dealkylation sites (tertiary alicyclic amines) is 1. The van der Waals surface area contributed by atoms with Crippen molar-refractivity contribution < 1.29 is 24.5 Å². The summed E-state index contributed by atoms with van der Waals surface area (Å²) in [6, 6.07) is 0.0451. The van der Waals surface area contributed by atoms with Crippen molar-refractivity contribution in [2.45, 2.75) is 18.9 Å². The van der Waals surface area contributed by atoms with Gasteiger partial charge >= 0.3 is 11.9 Å². The van der Waals surface area contributed by atoms with Crippen LogP contribution in [0.2, 0.25) is 0 Å². The smallest absolute Gasteiger partial charge is 0.317 e. The van der Waals surface area contributed by atoms with E-state index in [0.717, 1.165) is 0 Å². The van der Waals surface area contributed by atoms with Crippen molar-refractivity contribution >= 4 is 11.9 Å². The zero-order chi connectivity index (χ0) is 14.3. The van der Waals surface area contributed by atoms with Gasteiger partial charge in [0.25, 0.3) is 0 Å². The van der Waals surface area contributed by atoms with Gasteiger partial charge in [0.2, 0.25) is 0 Å². The molecule has 7 nitrogen and oxygen atoms in total. The van der Waals surface area contributed by atoms with Gasteiger partial charge in [0, 0.05) is 25.7 Å². The van der Waals surface area contributed by atoms with Crippen molar-refractivity contribution in [1.82, 2.24) is 10.2 Å². The molecule has 1 aliphatic rings. The minimum Gasteiger partial charge on any atom is -0.480 e. The first kappa shape index (κ1) is 15.9. The Morgan fingerprint density at radius 1 is 1.42 bits per heavy atom. The van der Waals surface area contributed by atoms with E-state index < -0.39 is 5.97 Å². The minimum atomic E-state index is -0.903. The third-order valence-electron chi connectivity index (χ3n) is 3.19. The molecule has 0 spiro atoms. The molecule has 0 aromatic rings. The number of hydrogen-bond acceptors (Lipinski definition) is 6. The van der Waals surface area contributed by atoms with Gasteiger partial charge in [-0.15, -0.1) is 0 Å². The Balaban J connectivity index is 2.55. The molecule has 0 aromatic heterocycles. The number of carbonyl (C=O) groups is 2. The van der Waals surface area contributed by atoms with Gasteiger partial charge in [0.1, 0.15) is 0 Å². The normalized spacial score (nSPS) is 24.1. The fourth-order valence-electron chi connectivity index (χ4n) is 2.38. The molecule has 1 saturated heterocycles. The van der Waals surface area contributed by atoms with E-state index in [9.17, 15) is 9.59 Å². The molecule has 1 heterocycles. The summed E-state index contributed by atoms with van der Waals surface area (Å²) in [5, 5.41) is 20.8. The molecular weight excluding hydrogens is 252 g/mol. The Morgan fingerprint density at radius 2 is 2.16 bits per heavy atom. The van der Waals surface area contributed by atoms with E-state index in [-0.39, 0.29) is 31.1 Å². The molecule has 2 unspecified atom stereocenters. The van der Waals surface area contributed by atoms with Crippen LogP contribution in [0.5, 0.6) is 0 Å². The van der Waals surface area contributed by atoms with Crippen LogP contribution in [-0.2, 0) is 14.3 Å². The number of hydrogen-bond donors (Lipinski definition) is 3. The lowest BCUT2D eigenvalue weighted by Crippen LogP contribution is -2.52. The van der Waals surface area contributed by atoms with Crippen LogP contribution in [0.4, 0.5) is 0 Å². The summed E-state index contributed by atoms with van der Waals surface area (Å²) >= 11 is 0. The maximum atomic E-state index is 11.6. The Hall–Kier alpha value is -1.18. The fourth-order valence-corrected chi connectivity index (χ4v) is 2.38. The van der Waals surface area contributed by atoms with Crippen molar-refractivity contribution in [3.63, 3.8) is 0 Å². The molecule has 0 aliphatic carbocycles. The summed E-state index contributed by atoms with van der Waals surface area (Å²) in [6.07, 6.45) is 1.27. The zero-order valence-electron chi connectivity index (χ0n) is 11.2. The number of ether oxygens (including phenoxy) is 1. The number of carboxylic acid groups (broad SMARTS) is 1. The molecular formula is C12H22N2O5. The summed E-state index contributed by atoms with van der Waals surface area (Å²) in [5.41, 5.74) is 0. The first-order chi connectivity index (χ1) is 9.06. The van der Waals surface area contributed by atoms with Gasteiger partial charge in [-0.1, -0.05) is 0 Å². The molecule has 0 saturated carbocycles. The fraction of sp³-hybridized carbons (Fsp3) is 0.833. The molecule has 1 aliphatic heterocycles. The molecule has 0 radical (unpaired) electrons. The average molecular weight is 274 g/mol. The highest BCUT2D eigenvalue weighted by atomic mass is 16.5. The third-order valence-corrected chi connectivity index (χ3v) is 3.19. The molecule has 3 N–H and O–H groups in total.